The van der Waals surface area contributed by atoms with Gasteiger partial charge in [-0.15, -0.1) is 11.3 Å². The minimum atomic E-state index is -0.154. The summed E-state index contributed by atoms with van der Waals surface area (Å²) < 4.78 is 0.845. The Morgan fingerprint density at radius 1 is 1.17 bits per heavy atom. The maximum atomic E-state index is 12.1. The number of anilines is 1. The molecule has 1 N–H and O–H groups in total. The number of thiazole rings is 1. The van der Waals surface area contributed by atoms with Crippen LogP contribution in [0.5, 0.6) is 0 Å². The zero-order valence-electron chi connectivity index (χ0n) is 12.6. The van der Waals surface area contributed by atoms with Crippen LogP contribution in [0, 0.1) is 11.3 Å². The summed E-state index contributed by atoms with van der Waals surface area (Å²) >= 11 is 2.91. The van der Waals surface area contributed by atoms with Gasteiger partial charge in [-0.05, 0) is 12.1 Å². The van der Waals surface area contributed by atoms with Gasteiger partial charge in [0.15, 0.2) is 4.34 Å². The van der Waals surface area contributed by atoms with Crippen LogP contribution in [0.1, 0.15) is 5.56 Å². The number of nitrogens with one attached hydrogen (secondary N) is 1. The summed E-state index contributed by atoms with van der Waals surface area (Å²) in [5, 5.41) is 13.8. The van der Waals surface area contributed by atoms with Crippen LogP contribution in [0.15, 0.2) is 64.3 Å². The molecular formula is C18H13N3OS2. The predicted molar refractivity (Wildman–Crippen MR) is 98.1 cm³/mol. The Bertz CT molecular complexity index is 885. The van der Waals surface area contributed by atoms with E-state index in [1.807, 2.05) is 35.7 Å². The fraction of sp³-hybridized carbons (Fsp3) is 0.0556. The molecule has 0 aliphatic heterocycles. The van der Waals surface area contributed by atoms with E-state index in [4.69, 9.17) is 5.26 Å². The Morgan fingerprint density at radius 3 is 2.71 bits per heavy atom. The molecule has 0 fully saturated rings. The van der Waals surface area contributed by atoms with Crippen LogP contribution in [-0.2, 0) is 4.79 Å². The number of benzene rings is 2. The molecule has 118 valence electrons. The summed E-state index contributed by atoms with van der Waals surface area (Å²) in [5.41, 5.74) is 2.97. The summed E-state index contributed by atoms with van der Waals surface area (Å²) in [5.74, 6) is 0.0979. The van der Waals surface area contributed by atoms with Crippen molar-refractivity contribution in [2.45, 2.75) is 4.34 Å². The number of carbonyl (C=O) groups is 1. The number of thioether (sulfide) groups is 1. The molecule has 0 aliphatic carbocycles. The van der Waals surface area contributed by atoms with E-state index < -0.39 is 0 Å². The van der Waals surface area contributed by atoms with Crippen LogP contribution in [0.2, 0.25) is 0 Å². The van der Waals surface area contributed by atoms with Crippen molar-refractivity contribution in [1.82, 2.24) is 4.98 Å². The lowest BCUT2D eigenvalue weighted by Gasteiger charge is -2.05. The van der Waals surface area contributed by atoms with Gasteiger partial charge in [0.2, 0.25) is 5.91 Å². The van der Waals surface area contributed by atoms with Crippen molar-refractivity contribution in [2.75, 3.05) is 11.1 Å². The summed E-state index contributed by atoms with van der Waals surface area (Å²) in [6.07, 6.45) is 0. The lowest BCUT2D eigenvalue weighted by molar-refractivity contribution is -0.113. The first-order valence-corrected chi connectivity index (χ1v) is 9.05. The molecular weight excluding hydrogens is 338 g/mol. The quantitative estimate of drug-likeness (QED) is 0.691. The highest BCUT2D eigenvalue weighted by molar-refractivity contribution is 8.01. The van der Waals surface area contributed by atoms with E-state index in [1.165, 1.54) is 23.1 Å². The zero-order chi connectivity index (χ0) is 16.8. The van der Waals surface area contributed by atoms with Gasteiger partial charge in [-0.25, -0.2) is 4.98 Å². The third kappa shape index (κ3) is 4.02. The van der Waals surface area contributed by atoms with Crippen molar-refractivity contribution in [2.24, 2.45) is 0 Å². The van der Waals surface area contributed by atoms with Crippen LogP contribution in [-0.4, -0.2) is 16.6 Å². The molecule has 1 heterocycles. The second-order valence-corrected chi connectivity index (χ2v) is 6.94. The normalized spacial score (nSPS) is 10.1. The van der Waals surface area contributed by atoms with Crippen molar-refractivity contribution in [1.29, 1.82) is 5.26 Å². The molecule has 2 aromatic carbocycles. The molecule has 1 amide bonds. The molecule has 4 nitrogen and oxygen atoms in total. The Kier molecular flexibility index (Phi) is 5.26. The monoisotopic (exact) mass is 351 g/mol. The minimum Gasteiger partial charge on any atom is -0.324 e. The van der Waals surface area contributed by atoms with Gasteiger partial charge in [-0.2, -0.15) is 5.26 Å². The number of aromatic nitrogens is 1. The van der Waals surface area contributed by atoms with Crippen LogP contribution in [0.3, 0.4) is 0 Å². The number of nitriles is 1. The highest BCUT2D eigenvalue weighted by Gasteiger charge is 2.09. The molecule has 0 saturated carbocycles. The van der Waals surface area contributed by atoms with E-state index in [-0.39, 0.29) is 11.7 Å². The molecule has 0 aliphatic rings. The number of rotatable bonds is 5. The zero-order valence-corrected chi connectivity index (χ0v) is 14.2. The predicted octanol–water partition coefficient (Wildman–Crippen LogP) is 4.41. The molecule has 0 unspecified atom stereocenters. The summed E-state index contributed by atoms with van der Waals surface area (Å²) in [7, 11) is 0. The topological polar surface area (TPSA) is 65.8 Å². The van der Waals surface area contributed by atoms with Gasteiger partial charge < -0.3 is 5.32 Å². The van der Waals surface area contributed by atoms with E-state index in [2.05, 4.69) is 16.4 Å². The van der Waals surface area contributed by atoms with Crippen molar-refractivity contribution in [3.05, 3.63) is 65.5 Å². The lowest BCUT2D eigenvalue weighted by atomic mass is 10.2. The first-order valence-electron chi connectivity index (χ1n) is 7.19. The van der Waals surface area contributed by atoms with Crippen LogP contribution < -0.4 is 5.32 Å². The molecule has 1 aromatic heterocycles. The van der Waals surface area contributed by atoms with Gasteiger partial charge in [0.25, 0.3) is 0 Å². The molecule has 3 rings (SSSR count). The average Bonchev–Trinajstić information content (AvgIpc) is 3.10. The number of para-hydroxylation sites is 1. The van der Waals surface area contributed by atoms with E-state index in [9.17, 15) is 4.79 Å². The second kappa shape index (κ2) is 7.77. The van der Waals surface area contributed by atoms with Crippen LogP contribution >= 0.6 is 23.1 Å². The third-order valence-corrected chi connectivity index (χ3v) is 5.22. The largest absolute Gasteiger partial charge is 0.324 e. The van der Waals surface area contributed by atoms with Gasteiger partial charge in [0, 0.05) is 10.9 Å². The van der Waals surface area contributed by atoms with Gasteiger partial charge in [-0.3, -0.25) is 4.79 Å². The maximum Gasteiger partial charge on any atom is 0.234 e. The first kappa shape index (κ1) is 16.2. The van der Waals surface area contributed by atoms with Crippen molar-refractivity contribution < 1.29 is 4.79 Å². The minimum absolute atomic E-state index is 0.154. The van der Waals surface area contributed by atoms with E-state index in [0.717, 1.165) is 15.6 Å². The van der Waals surface area contributed by atoms with Crippen molar-refractivity contribution >= 4 is 34.7 Å². The van der Waals surface area contributed by atoms with Gasteiger partial charge in [0.05, 0.1) is 22.7 Å². The van der Waals surface area contributed by atoms with Gasteiger partial charge >= 0.3 is 0 Å². The molecule has 3 aromatic rings. The molecule has 0 saturated heterocycles. The Hall–Kier alpha value is -2.62. The van der Waals surface area contributed by atoms with E-state index in [1.54, 1.807) is 24.3 Å². The SMILES string of the molecule is N#Cc1ccccc1NC(=O)CSc1nc(-c2ccccc2)cs1. The average molecular weight is 351 g/mol. The molecule has 0 radical (unpaired) electrons. The highest BCUT2D eigenvalue weighted by Crippen LogP contribution is 2.28. The fourth-order valence-electron chi connectivity index (χ4n) is 2.07. The van der Waals surface area contributed by atoms with Crippen LogP contribution in [0.4, 0.5) is 5.69 Å². The number of nitrogens with zero attached hydrogens (tertiary/aromatic N) is 2. The molecule has 0 spiro atoms. The van der Waals surface area contributed by atoms with Gasteiger partial charge in [0.1, 0.15) is 6.07 Å². The Labute approximate surface area is 148 Å². The fourth-order valence-corrected chi connectivity index (χ4v) is 3.70. The Morgan fingerprint density at radius 2 is 1.92 bits per heavy atom. The molecule has 6 heteroatoms. The van der Waals surface area contributed by atoms with Gasteiger partial charge in [-0.1, -0.05) is 54.2 Å². The molecule has 0 bridgehead atoms. The first-order chi connectivity index (χ1) is 11.8. The number of hydrogen-bond acceptors (Lipinski definition) is 5. The van der Waals surface area contributed by atoms with Crippen LogP contribution in [0.25, 0.3) is 11.3 Å². The second-order valence-electron chi connectivity index (χ2n) is 4.86. The molecule has 24 heavy (non-hydrogen) atoms. The smallest absolute Gasteiger partial charge is 0.234 e. The maximum absolute atomic E-state index is 12.1. The third-order valence-electron chi connectivity index (χ3n) is 3.20. The Balaban J connectivity index is 1.59. The summed E-state index contributed by atoms with van der Waals surface area (Å²) in [6.45, 7) is 0. The lowest BCUT2D eigenvalue weighted by Crippen LogP contribution is -2.14. The van der Waals surface area contributed by atoms with E-state index >= 15 is 0 Å². The van der Waals surface area contributed by atoms with E-state index in [0.29, 0.717) is 11.3 Å². The molecule has 0 atom stereocenters. The number of carbonyl (C=O) groups excluding carboxylic acids is 1. The highest BCUT2D eigenvalue weighted by atomic mass is 32.2. The van der Waals surface area contributed by atoms with Crippen molar-refractivity contribution in [3.63, 3.8) is 0 Å². The van der Waals surface area contributed by atoms with Crippen molar-refractivity contribution in [3.8, 4) is 17.3 Å². The standard InChI is InChI=1S/C18H13N3OS2/c19-10-14-8-4-5-9-15(14)20-17(22)12-24-18-21-16(11-23-18)13-6-2-1-3-7-13/h1-9,11H,12H2,(H,20,22). The number of hydrogen-bond donors (Lipinski definition) is 1. The number of amides is 1. The summed E-state index contributed by atoms with van der Waals surface area (Å²) in [6, 6.07) is 18.9. The summed E-state index contributed by atoms with van der Waals surface area (Å²) in [4.78, 5) is 16.6.